The lowest BCUT2D eigenvalue weighted by Crippen LogP contribution is -2.04. The van der Waals surface area contributed by atoms with E-state index in [9.17, 15) is 13.9 Å². The van der Waals surface area contributed by atoms with Crippen molar-refractivity contribution in [2.45, 2.75) is 18.9 Å². The molecule has 2 nitrogen and oxygen atoms in total. The molecule has 1 N–H and O–H groups in total. The van der Waals surface area contributed by atoms with E-state index in [2.05, 4.69) is 0 Å². The zero-order chi connectivity index (χ0) is 14.1. The molecule has 1 aliphatic rings. The van der Waals surface area contributed by atoms with Crippen LogP contribution in [0.15, 0.2) is 36.4 Å². The predicted octanol–water partition coefficient (Wildman–Crippen LogP) is 3.18. The summed E-state index contributed by atoms with van der Waals surface area (Å²) in [6.07, 6.45) is 0.128. The highest BCUT2D eigenvalue weighted by atomic mass is 19.1. The molecule has 2 aromatic carbocycles. The van der Waals surface area contributed by atoms with Gasteiger partial charge in [-0.1, -0.05) is 18.2 Å². The van der Waals surface area contributed by atoms with Crippen molar-refractivity contribution in [3.8, 4) is 5.75 Å². The molecule has 0 aromatic heterocycles. The van der Waals surface area contributed by atoms with Gasteiger partial charge in [-0.25, -0.2) is 8.78 Å². The van der Waals surface area contributed by atoms with Crippen molar-refractivity contribution in [1.82, 2.24) is 0 Å². The molecule has 0 fully saturated rings. The van der Waals surface area contributed by atoms with E-state index in [4.69, 9.17) is 4.74 Å². The summed E-state index contributed by atoms with van der Waals surface area (Å²) in [5, 5.41) is 10.3. The average Bonchev–Trinajstić information content (AvgIpc) is 2.85. The topological polar surface area (TPSA) is 29.5 Å². The Kier molecular flexibility index (Phi) is 3.40. The smallest absolute Gasteiger partial charge is 0.128 e. The molecule has 20 heavy (non-hydrogen) atoms. The van der Waals surface area contributed by atoms with Gasteiger partial charge in [0.15, 0.2) is 0 Å². The van der Waals surface area contributed by atoms with E-state index >= 15 is 0 Å². The lowest BCUT2D eigenvalue weighted by Gasteiger charge is -2.14. The Morgan fingerprint density at radius 2 is 1.90 bits per heavy atom. The van der Waals surface area contributed by atoms with Crippen LogP contribution >= 0.6 is 0 Å². The Labute approximate surface area is 115 Å². The van der Waals surface area contributed by atoms with Gasteiger partial charge in [0.05, 0.1) is 12.7 Å². The molecule has 0 spiro atoms. The fourth-order valence-electron chi connectivity index (χ4n) is 2.57. The third-order valence-electron chi connectivity index (χ3n) is 3.46. The van der Waals surface area contributed by atoms with Crippen LogP contribution in [0, 0.1) is 11.6 Å². The molecule has 0 bridgehead atoms. The molecule has 0 amide bonds. The summed E-state index contributed by atoms with van der Waals surface area (Å²) in [7, 11) is 0. The summed E-state index contributed by atoms with van der Waals surface area (Å²) in [6, 6.07) is 8.88. The average molecular weight is 276 g/mol. The van der Waals surface area contributed by atoms with Crippen LogP contribution in [0.3, 0.4) is 0 Å². The minimum absolute atomic E-state index is 0.147. The minimum Gasteiger partial charge on any atom is -0.493 e. The van der Waals surface area contributed by atoms with Crippen LogP contribution < -0.4 is 4.74 Å². The van der Waals surface area contributed by atoms with E-state index in [1.165, 1.54) is 12.1 Å². The summed E-state index contributed by atoms with van der Waals surface area (Å²) in [4.78, 5) is 0. The van der Waals surface area contributed by atoms with Crippen LogP contribution in [0.4, 0.5) is 8.78 Å². The van der Waals surface area contributed by atoms with Crippen molar-refractivity contribution < 1.29 is 18.6 Å². The standard InChI is InChI=1S/C16H14F2O2/c17-12-6-10(7-13(18)9-12)8-15(19)14-3-1-2-11-4-5-20-16(11)14/h1-3,6-7,9,15,19H,4-5,8H2. The molecule has 1 atom stereocenters. The summed E-state index contributed by atoms with van der Waals surface area (Å²) < 4.78 is 31.8. The summed E-state index contributed by atoms with van der Waals surface area (Å²) in [5.74, 6) is -0.569. The second kappa shape index (κ2) is 5.21. The number of aliphatic hydroxyl groups is 1. The van der Waals surface area contributed by atoms with Crippen molar-refractivity contribution in [3.05, 3.63) is 64.7 Å². The fourth-order valence-corrected chi connectivity index (χ4v) is 2.57. The number of para-hydroxylation sites is 1. The van der Waals surface area contributed by atoms with E-state index in [1.54, 1.807) is 6.07 Å². The summed E-state index contributed by atoms with van der Waals surface area (Å²) >= 11 is 0. The molecule has 0 saturated heterocycles. The van der Waals surface area contributed by atoms with Crippen LogP contribution in [0.2, 0.25) is 0 Å². The molecule has 3 rings (SSSR count). The highest BCUT2D eigenvalue weighted by molar-refractivity contribution is 5.45. The molecule has 0 radical (unpaired) electrons. The molecule has 0 aliphatic carbocycles. The Bertz CT molecular complexity index is 620. The van der Waals surface area contributed by atoms with Crippen molar-refractivity contribution in [3.63, 3.8) is 0 Å². The van der Waals surface area contributed by atoms with Crippen molar-refractivity contribution in [2.24, 2.45) is 0 Å². The third-order valence-corrected chi connectivity index (χ3v) is 3.46. The van der Waals surface area contributed by atoms with E-state index in [0.29, 0.717) is 23.5 Å². The van der Waals surface area contributed by atoms with Gasteiger partial charge in [-0.2, -0.15) is 0 Å². The number of benzene rings is 2. The van der Waals surface area contributed by atoms with Gasteiger partial charge in [0.2, 0.25) is 0 Å². The summed E-state index contributed by atoms with van der Waals surface area (Å²) in [5.41, 5.74) is 2.15. The number of rotatable bonds is 3. The van der Waals surface area contributed by atoms with Crippen LogP contribution in [0.25, 0.3) is 0 Å². The van der Waals surface area contributed by atoms with Crippen molar-refractivity contribution in [1.29, 1.82) is 0 Å². The highest BCUT2D eigenvalue weighted by Gasteiger charge is 2.21. The predicted molar refractivity (Wildman–Crippen MR) is 70.7 cm³/mol. The minimum atomic E-state index is -0.843. The van der Waals surface area contributed by atoms with Gasteiger partial charge in [0.25, 0.3) is 0 Å². The molecule has 0 saturated carbocycles. The quantitative estimate of drug-likeness (QED) is 0.933. The van der Waals surface area contributed by atoms with Crippen molar-refractivity contribution in [2.75, 3.05) is 6.61 Å². The van der Waals surface area contributed by atoms with E-state index in [0.717, 1.165) is 18.1 Å². The van der Waals surface area contributed by atoms with Gasteiger partial charge in [0, 0.05) is 24.5 Å². The van der Waals surface area contributed by atoms with Crippen LogP contribution in [-0.2, 0) is 12.8 Å². The molecule has 1 aliphatic heterocycles. The molecule has 2 aromatic rings. The third kappa shape index (κ3) is 2.51. The Morgan fingerprint density at radius 3 is 2.65 bits per heavy atom. The fraction of sp³-hybridized carbons (Fsp3) is 0.250. The Morgan fingerprint density at radius 1 is 1.15 bits per heavy atom. The lowest BCUT2D eigenvalue weighted by atomic mass is 9.98. The molecule has 1 heterocycles. The molecular weight excluding hydrogens is 262 g/mol. The number of halogens is 2. The number of fused-ring (bicyclic) bond motifs is 1. The highest BCUT2D eigenvalue weighted by Crippen LogP contribution is 2.34. The van der Waals surface area contributed by atoms with E-state index < -0.39 is 17.7 Å². The van der Waals surface area contributed by atoms with Gasteiger partial charge in [-0.3, -0.25) is 0 Å². The maximum Gasteiger partial charge on any atom is 0.128 e. The normalized spacial score (nSPS) is 14.8. The molecule has 1 unspecified atom stereocenters. The first-order chi connectivity index (χ1) is 9.63. The monoisotopic (exact) mass is 276 g/mol. The SMILES string of the molecule is OC(Cc1cc(F)cc(F)c1)c1cccc2c1OCC2. The Hall–Kier alpha value is -1.94. The maximum atomic E-state index is 13.2. The van der Waals surface area contributed by atoms with Gasteiger partial charge in [0.1, 0.15) is 17.4 Å². The zero-order valence-electron chi connectivity index (χ0n) is 10.8. The van der Waals surface area contributed by atoms with Gasteiger partial charge in [-0.15, -0.1) is 0 Å². The van der Waals surface area contributed by atoms with Crippen LogP contribution in [-0.4, -0.2) is 11.7 Å². The second-order valence-corrected chi connectivity index (χ2v) is 4.93. The largest absolute Gasteiger partial charge is 0.493 e. The van der Waals surface area contributed by atoms with Crippen LogP contribution in [0.1, 0.15) is 22.8 Å². The van der Waals surface area contributed by atoms with Crippen LogP contribution in [0.5, 0.6) is 5.75 Å². The zero-order valence-corrected chi connectivity index (χ0v) is 10.8. The van der Waals surface area contributed by atoms with E-state index in [-0.39, 0.29) is 6.42 Å². The number of hydrogen-bond acceptors (Lipinski definition) is 2. The Balaban J connectivity index is 1.86. The van der Waals surface area contributed by atoms with Crippen molar-refractivity contribution >= 4 is 0 Å². The first-order valence-electron chi connectivity index (χ1n) is 6.51. The second-order valence-electron chi connectivity index (χ2n) is 4.93. The van der Waals surface area contributed by atoms with Gasteiger partial charge >= 0.3 is 0 Å². The number of hydrogen-bond donors (Lipinski definition) is 1. The molecular formula is C16H14F2O2. The molecule has 104 valence electrons. The van der Waals surface area contributed by atoms with Gasteiger partial charge < -0.3 is 9.84 Å². The molecule has 4 heteroatoms. The first kappa shape index (κ1) is 13.1. The maximum absolute atomic E-state index is 13.2. The number of ether oxygens (including phenoxy) is 1. The first-order valence-corrected chi connectivity index (χ1v) is 6.51. The van der Waals surface area contributed by atoms with E-state index in [1.807, 2.05) is 12.1 Å². The lowest BCUT2D eigenvalue weighted by molar-refractivity contribution is 0.173. The number of aliphatic hydroxyl groups excluding tert-OH is 1. The summed E-state index contributed by atoms with van der Waals surface area (Å²) in [6.45, 7) is 0.605. The van der Waals surface area contributed by atoms with Gasteiger partial charge in [-0.05, 0) is 23.3 Å².